The molecule has 0 N–H and O–H groups in total. The second-order valence-corrected chi connectivity index (χ2v) is 13.0. The van der Waals surface area contributed by atoms with Gasteiger partial charge < -0.3 is 23.7 Å². The predicted molar refractivity (Wildman–Crippen MR) is 153 cm³/mol. The fraction of sp³-hybridized carbons (Fsp3) is 0.645. The average Bonchev–Trinajstić information content (AvgIpc) is 3.85. The zero-order chi connectivity index (χ0) is 35.3. The molecule has 46 heavy (non-hydrogen) atoms. The normalized spacial score (nSPS) is 23.3. The molecule has 2 aliphatic rings. The molecule has 2 saturated carbocycles. The maximum atomic E-state index is 13.3. The van der Waals surface area contributed by atoms with Gasteiger partial charge >= 0.3 is 30.1 Å². The van der Waals surface area contributed by atoms with Crippen LogP contribution in [0.1, 0.15) is 66.4 Å². The topological polar surface area (TPSA) is 135 Å². The van der Waals surface area contributed by atoms with Gasteiger partial charge in [-0.2, -0.15) is 4.90 Å². The predicted octanol–water partition coefficient (Wildman–Crippen LogP) is 5.92. The van der Waals surface area contributed by atoms with E-state index in [4.69, 9.17) is 14.2 Å². The van der Waals surface area contributed by atoms with Crippen LogP contribution in [0.25, 0.3) is 0 Å². The van der Waals surface area contributed by atoms with Crippen molar-refractivity contribution in [1.29, 1.82) is 0 Å². The third kappa shape index (κ3) is 9.55. The molecule has 0 spiro atoms. The van der Waals surface area contributed by atoms with Gasteiger partial charge in [-0.1, -0.05) is 30.3 Å². The van der Waals surface area contributed by atoms with Gasteiger partial charge in [-0.15, -0.1) is 0 Å². The summed E-state index contributed by atoms with van der Waals surface area (Å²) in [5.74, 6) is -5.22. The molecular formula is C31H41F4NO10. The summed E-state index contributed by atoms with van der Waals surface area (Å²) in [6.45, 7) is 9.44. The first-order valence-corrected chi connectivity index (χ1v) is 14.3. The summed E-state index contributed by atoms with van der Waals surface area (Å²) in [5.41, 5.74) is -4.66. The number of carbonyl (C=O) groups is 5. The third-order valence-corrected chi connectivity index (χ3v) is 7.10. The lowest BCUT2D eigenvalue weighted by Gasteiger charge is -2.30. The summed E-state index contributed by atoms with van der Waals surface area (Å²) < 4.78 is 76.4. The second-order valence-electron chi connectivity index (χ2n) is 13.0. The molecule has 3 rings (SSSR count). The van der Waals surface area contributed by atoms with Crippen LogP contribution in [0.4, 0.5) is 27.2 Å². The minimum absolute atomic E-state index is 0.0312. The number of halogens is 4. The van der Waals surface area contributed by atoms with Gasteiger partial charge in [0, 0.05) is 5.92 Å². The molecule has 0 bridgehead atoms. The van der Waals surface area contributed by atoms with Crippen molar-refractivity contribution in [3.05, 3.63) is 35.9 Å². The van der Waals surface area contributed by atoms with Crippen molar-refractivity contribution in [2.24, 2.45) is 17.3 Å². The number of hydrogen-bond donors (Lipinski definition) is 0. The monoisotopic (exact) mass is 663 g/mol. The standard InChI is InChI=1S/C19H23F2NO6.C12H18F2O4/c1-18(2,3)28-17(25)22(16(24)27-11-12-8-6-5-7-9-12)19(15(23)26-4)10-13(19)14(20)21;1-11(2,3)18-8(15)6-12(10(16)17-4)5-7(12)9(13)14/h5-9,13-14H,10-11H2,1-4H3;7,9H,5-6H2,1-4H3/t;7-,12-/m.1/s1. The number of amides is 2. The Kier molecular flexibility index (Phi) is 12.2. The molecule has 2 aliphatic carbocycles. The van der Waals surface area contributed by atoms with Crippen molar-refractivity contribution >= 4 is 30.1 Å². The van der Waals surface area contributed by atoms with E-state index in [9.17, 15) is 41.5 Å². The molecular weight excluding hydrogens is 622 g/mol. The van der Waals surface area contributed by atoms with E-state index < -0.39 is 83.4 Å². The first kappa shape index (κ1) is 38.3. The van der Waals surface area contributed by atoms with Crippen LogP contribution in [-0.4, -0.2) is 78.8 Å². The average molecular weight is 664 g/mol. The number of esters is 3. The fourth-order valence-corrected chi connectivity index (χ4v) is 4.84. The van der Waals surface area contributed by atoms with Crippen LogP contribution < -0.4 is 0 Å². The van der Waals surface area contributed by atoms with E-state index in [1.807, 2.05) is 0 Å². The second kappa shape index (κ2) is 14.7. The summed E-state index contributed by atoms with van der Waals surface area (Å²) in [5, 5.41) is 0. The van der Waals surface area contributed by atoms with Crippen molar-refractivity contribution in [2.45, 2.75) is 97.0 Å². The van der Waals surface area contributed by atoms with Crippen LogP contribution in [-0.2, 0) is 44.7 Å². The van der Waals surface area contributed by atoms with Gasteiger partial charge in [0.05, 0.1) is 32.0 Å². The highest BCUT2D eigenvalue weighted by atomic mass is 19.3. The van der Waals surface area contributed by atoms with Crippen molar-refractivity contribution in [2.75, 3.05) is 14.2 Å². The van der Waals surface area contributed by atoms with E-state index in [0.717, 1.165) is 14.2 Å². The molecule has 2 fully saturated rings. The Balaban J connectivity index is 0.000000353. The van der Waals surface area contributed by atoms with Gasteiger partial charge in [-0.3, -0.25) is 9.59 Å². The molecule has 0 aromatic heterocycles. The lowest BCUT2D eigenvalue weighted by atomic mass is 9.99. The molecule has 4 atom stereocenters. The number of methoxy groups -OCH3 is 2. The molecule has 1 aromatic rings. The SMILES string of the molecule is COC(=O)C1(N(C(=O)OCc2ccccc2)C(=O)OC(C)(C)C)CC1C(F)F.COC(=O)[C@@]1(CC(=O)OC(C)(C)C)C[C@@H]1C(F)F. The summed E-state index contributed by atoms with van der Waals surface area (Å²) in [6.07, 6.45) is -8.90. The van der Waals surface area contributed by atoms with Crippen LogP contribution in [0.5, 0.6) is 0 Å². The summed E-state index contributed by atoms with van der Waals surface area (Å²) in [4.78, 5) is 61.1. The number of carbonyl (C=O) groups excluding carboxylic acids is 5. The summed E-state index contributed by atoms with van der Waals surface area (Å²) in [6, 6.07) is 8.57. The van der Waals surface area contributed by atoms with Gasteiger partial charge in [0.25, 0.3) is 0 Å². The van der Waals surface area contributed by atoms with Gasteiger partial charge in [0.2, 0.25) is 12.9 Å². The Morgan fingerprint density at radius 3 is 1.72 bits per heavy atom. The number of benzene rings is 1. The lowest BCUT2D eigenvalue weighted by molar-refractivity contribution is -0.163. The molecule has 258 valence electrons. The minimum Gasteiger partial charge on any atom is -0.469 e. The molecule has 11 nitrogen and oxygen atoms in total. The Hall–Kier alpha value is -3.91. The molecule has 2 amide bonds. The van der Waals surface area contributed by atoms with Crippen LogP contribution >= 0.6 is 0 Å². The molecule has 0 radical (unpaired) electrons. The smallest absolute Gasteiger partial charge is 0.420 e. The number of imide groups is 1. The summed E-state index contributed by atoms with van der Waals surface area (Å²) in [7, 11) is 2.12. The highest BCUT2D eigenvalue weighted by Gasteiger charge is 2.73. The van der Waals surface area contributed by atoms with Gasteiger partial charge in [-0.05, 0) is 59.9 Å². The summed E-state index contributed by atoms with van der Waals surface area (Å²) >= 11 is 0. The molecule has 1 aromatic carbocycles. The van der Waals surface area contributed by atoms with E-state index in [-0.39, 0.29) is 19.4 Å². The molecule has 15 heteroatoms. The van der Waals surface area contributed by atoms with Crippen molar-refractivity contribution in [3.8, 4) is 0 Å². The highest BCUT2D eigenvalue weighted by Crippen LogP contribution is 2.59. The maximum absolute atomic E-state index is 13.3. The van der Waals surface area contributed by atoms with Crippen LogP contribution in [0.15, 0.2) is 30.3 Å². The largest absolute Gasteiger partial charge is 0.469 e. The van der Waals surface area contributed by atoms with Crippen molar-refractivity contribution in [3.63, 3.8) is 0 Å². The Morgan fingerprint density at radius 2 is 1.30 bits per heavy atom. The molecule has 0 heterocycles. The van der Waals surface area contributed by atoms with Crippen molar-refractivity contribution < 1.29 is 65.2 Å². The Bertz CT molecular complexity index is 1260. The van der Waals surface area contributed by atoms with Crippen molar-refractivity contribution in [1.82, 2.24) is 4.90 Å². The van der Waals surface area contributed by atoms with Gasteiger partial charge in [-0.25, -0.2) is 31.9 Å². The third-order valence-electron chi connectivity index (χ3n) is 7.10. The van der Waals surface area contributed by atoms with E-state index in [1.165, 1.54) is 0 Å². The Morgan fingerprint density at radius 1 is 0.783 bits per heavy atom. The van der Waals surface area contributed by atoms with Crippen LogP contribution in [0.2, 0.25) is 0 Å². The number of alkyl halides is 4. The maximum Gasteiger partial charge on any atom is 0.420 e. The Labute approximate surface area is 264 Å². The number of nitrogens with zero attached hydrogens (tertiary/aromatic N) is 1. The molecule has 2 unspecified atom stereocenters. The highest BCUT2D eigenvalue weighted by molar-refractivity contribution is 5.99. The first-order chi connectivity index (χ1) is 21.1. The lowest BCUT2D eigenvalue weighted by Crippen LogP contribution is -2.54. The number of hydrogen-bond acceptors (Lipinski definition) is 10. The van der Waals surface area contributed by atoms with E-state index in [0.29, 0.717) is 10.5 Å². The number of rotatable bonds is 9. The van der Waals surface area contributed by atoms with Crippen LogP contribution in [0.3, 0.4) is 0 Å². The molecule has 0 saturated heterocycles. The number of ether oxygens (including phenoxy) is 5. The van der Waals surface area contributed by atoms with Gasteiger partial charge in [0.15, 0.2) is 5.54 Å². The van der Waals surface area contributed by atoms with E-state index >= 15 is 0 Å². The quantitative estimate of drug-likeness (QED) is 0.178. The van der Waals surface area contributed by atoms with Crippen LogP contribution in [0, 0.1) is 17.3 Å². The first-order valence-electron chi connectivity index (χ1n) is 14.3. The fourth-order valence-electron chi connectivity index (χ4n) is 4.84. The van der Waals surface area contributed by atoms with E-state index in [1.54, 1.807) is 71.9 Å². The van der Waals surface area contributed by atoms with E-state index in [2.05, 4.69) is 9.47 Å². The molecule has 0 aliphatic heterocycles. The zero-order valence-electron chi connectivity index (χ0n) is 27.1. The van der Waals surface area contributed by atoms with Gasteiger partial charge in [0.1, 0.15) is 17.8 Å². The minimum atomic E-state index is -2.94. The zero-order valence-corrected chi connectivity index (χ0v) is 27.1.